The van der Waals surface area contributed by atoms with E-state index in [9.17, 15) is 27.6 Å². The molecule has 0 bridgehead atoms. The molecule has 1 saturated heterocycles. The number of alkyl halides is 3. The highest BCUT2D eigenvalue weighted by atomic mass is 19.4. The second-order valence-electron chi connectivity index (χ2n) is 4.77. The molecule has 0 aromatic rings. The van der Waals surface area contributed by atoms with Crippen LogP contribution in [0.15, 0.2) is 0 Å². The molecule has 3 amide bonds. The molecule has 0 aromatic heterocycles. The summed E-state index contributed by atoms with van der Waals surface area (Å²) in [6.07, 6.45) is -4.97. The van der Waals surface area contributed by atoms with Gasteiger partial charge in [0.1, 0.15) is 6.04 Å². The first-order valence-corrected chi connectivity index (χ1v) is 6.21. The number of aliphatic carboxylic acids is 1. The Hall–Kier alpha value is -2.00. The van der Waals surface area contributed by atoms with Crippen LogP contribution in [0.5, 0.6) is 0 Å². The molecule has 3 N–H and O–H groups in total. The fraction of sp³-hybridized carbons (Fsp3) is 0.727. The van der Waals surface area contributed by atoms with Crippen LogP contribution >= 0.6 is 0 Å². The van der Waals surface area contributed by atoms with Gasteiger partial charge in [0.15, 0.2) is 0 Å². The Morgan fingerprint density at radius 2 is 2.05 bits per heavy atom. The molecule has 2 unspecified atom stereocenters. The van der Waals surface area contributed by atoms with Crippen molar-refractivity contribution in [1.29, 1.82) is 0 Å². The first-order valence-electron chi connectivity index (χ1n) is 6.21. The van der Waals surface area contributed by atoms with Gasteiger partial charge in [-0.15, -0.1) is 0 Å². The van der Waals surface area contributed by atoms with Gasteiger partial charge in [-0.1, -0.05) is 6.92 Å². The van der Waals surface area contributed by atoms with Crippen molar-refractivity contribution >= 4 is 17.9 Å². The number of carbonyl (C=O) groups is 3. The first-order chi connectivity index (χ1) is 9.54. The summed E-state index contributed by atoms with van der Waals surface area (Å²) in [5, 5.41) is 12.7. The third kappa shape index (κ3) is 3.19. The van der Waals surface area contributed by atoms with Gasteiger partial charge in [0, 0.05) is 13.1 Å². The second kappa shape index (κ2) is 5.78. The lowest BCUT2D eigenvalue weighted by atomic mass is 10.0. The maximum absolute atomic E-state index is 12.8. The highest BCUT2D eigenvalue weighted by molar-refractivity contribution is 5.91. The van der Waals surface area contributed by atoms with E-state index in [4.69, 9.17) is 5.11 Å². The maximum Gasteiger partial charge on any atom is 0.422 e. The molecule has 120 valence electrons. The van der Waals surface area contributed by atoms with Gasteiger partial charge in [-0.25, -0.2) is 9.59 Å². The van der Waals surface area contributed by atoms with Crippen molar-refractivity contribution < 1.29 is 32.7 Å². The van der Waals surface area contributed by atoms with E-state index >= 15 is 0 Å². The number of carboxylic acid groups (broad SMARTS) is 1. The zero-order chi connectivity index (χ0) is 16.4. The molecule has 1 heterocycles. The van der Waals surface area contributed by atoms with Gasteiger partial charge in [0.25, 0.3) is 0 Å². The topological polar surface area (TPSA) is 98.7 Å². The van der Waals surface area contributed by atoms with Gasteiger partial charge in [-0.3, -0.25) is 4.79 Å². The third-order valence-corrected chi connectivity index (χ3v) is 3.33. The van der Waals surface area contributed by atoms with Crippen molar-refractivity contribution in [2.45, 2.75) is 38.0 Å². The van der Waals surface area contributed by atoms with Crippen LogP contribution in [-0.4, -0.2) is 58.8 Å². The van der Waals surface area contributed by atoms with Crippen LogP contribution in [0.25, 0.3) is 0 Å². The summed E-state index contributed by atoms with van der Waals surface area (Å²) in [4.78, 5) is 35.3. The summed E-state index contributed by atoms with van der Waals surface area (Å²) in [7, 11) is 0. The average molecular weight is 311 g/mol. The van der Waals surface area contributed by atoms with Gasteiger partial charge < -0.3 is 20.6 Å². The molecule has 10 heteroatoms. The molecule has 21 heavy (non-hydrogen) atoms. The smallest absolute Gasteiger partial charge is 0.422 e. The highest BCUT2D eigenvalue weighted by Gasteiger charge is 2.59. The minimum atomic E-state index is -5.17. The van der Waals surface area contributed by atoms with Crippen LogP contribution in [0.3, 0.4) is 0 Å². The summed E-state index contributed by atoms with van der Waals surface area (Å²) in [5.74, 6) is -2.71. The molecule has 0 aromatic carbocycles. The molecule has 1 rings (SSSR count). The molecule has 1 fully saturated rings. The van der Waals surface area contributed by atoms with E-state index in [1.807, 2.05) is 0 Å². The number of carbonyl (C=O) groups excluding carboxylic acids is 2. The molecule has 0 saturated carbocycles. The normalized spacial score (nSPS) is 22.2. The van der Waals surface area contributed by atoms with E-state index < -0.39 is 35.7 Å². The molecular formula is C11H16F3N3O4. The first kappa shape index (κ1) is 17.1. The quantitative estimate of drug-likeness (QED) is 0.698. The standard InChI is InChI=1S/C11H16F3N3O4/c1-3-6-7(18)15-4-5-17(6)9(21)16-10(2,8(19)20)11(12,13)14/h6H,3-5H2,1-2H3,(H,15,18)(H,16,21)(H,19,20). The van der Waals surface area contributed by atoms with Gasteiger partial charge in [-0.2, -0.15) is 13.2 Å². The highest BCUT2D eigenvalue weighted by Crippen LogP contribution is 2.30. The predicted molar refractivity (Wildman–Crippen MR) is 64.4 cm³/mol. The van der Waals surface area contributed by atoms with E-state index in [0.717, 1.165) is 4.90 Å². The molecule has 7 nitrogen and oxygen atoms in total. The monoisotopic (exact) mass is 311 g/mol. The predicted octanol–water partition coefficient (Wildman–Crippen LogP) is 0.312. The number of hydrogen-bond acceptors (Lipinski definition) is 3. The average Bonchev–Trinajstić information content (AvgIpc) is 2.36. The number of rotatable bonds is 3. The third-order valence-electron chi connectivity index (χ3n) is 3.33. The van der Waals surface area contributed by atoms with Crippen LogP contribution in [-0.2, 0) is 9.59 Å². The molecule has 0 aliphatic carbocycles. The fourth-order valence-corrected chi connectivity index (χ4v) is 1.89. The summed E-state index contributed by atoms with van der Waals surface area (Å²) < 4.78 is 38.5. The van der Waals surface area contributed by atoms with E-state index in [1.165, 1.54) is 5.32 Å². The maximum atomic E-state index is 12.8. The summed E-state index contributed by atoms with van der Waals surface area (Å²) in [6, 6.07) is -2.16. The number of hydrogen-bond donors (Lipinski definition) is 3. The number of carboxylic acids is 1. The summed E-state index contributed by atoms with van der Waals surface area (Å²) in [5.41, 5.74) is -3.42. The van der Waals surface area contributed by atoms with Crippen molar-refractivity contribution in [3.05, 3.63) is 0 Å². The summed E-state index contributed by atoms with van der Waals surface area (Å²) in [6.45, 7) is 2.05. The molecule has 1 aliphatic rings. The number of amides is 3. The molecule has 1 aliphatic heterocycles. The molecular weight excluding hydrogens is 295 g/mol. The van der Waals surface area contributed by atoms with E-state index in [1.54, 1.807) is 6.92 Å². The van der Waals surface area contributed by atoms with Gasteiger partial charge in [-0.05, 0) is 13.3 Å². The molecule has 0 radical (unpaired) electrons. The Balaban J connectivity index is 2.97. The Kier molecular flexibility index (Phi) is 4.69. The van der Waals surface area contributed by atoms with E-state index in [2.05, 4.69) is 5.32 Å². The Bertz CT molecular complexity index is 454. The van der Waals surface area contributed by atoms with E-state index in [-0.39, 0.29) is 19.5 Å². The SMILES string of the molecule is CCC1C(=O)NCCN1C(=O)NC(C)(C(=O)O)C(F)(F)F. The van der Waals surface area contributed by atoms with Crippen molar-refractivity contribution in [3.63, 3.8) is 0 Å². The fourth-order valence-electron chi connectivity index (χ4n) is 1.89. The minimum absolute atomic E-state index is 0.00361. The van der Waals surface area contributed by atoms with Crippen LogP contribution in [0, 0.1) is 0 Å². The number of urea groups is 1. The summed E-state index contributed by atoms with van der Waals surface area (Å²) >= 11 is 0. The van der Waals surface area contributed by atoms with E-state index in [0.29, 0.717) is 6.92 Å². The Morgan fingerprint density at radius 3 is 2.48 bits per heavy atom. The number of halogens is 3. The lowest BCUT2D eigenvalue weighted by Gasteiger charge is -2.37. The van der Waals surface area contributed by atoms with Crippen molar-refractivity contribution in [2.75, 3.05) is 13.1 Å². The van der Waals surface area contributed by atoms with Crippen molar-refractivity contribution in [1.82, 2.24) is 15.5 Å². The van der Waals surface area contributed by atoms with Crippen LogP contribution in [0.4, 0.5) is 18.0 Å². The van der Waals surface area contributed by atoms with Crippen molar-refractivity contribution in [3.8, 4) is 0 Å². The Morgan fingerprint density at radius 1 is 1.48 bits per heavy atom. The minimum Gasteiger partial charge on any atom is -0.479 e. The number of nitrogens with zero attached hydrogens (tertiary/aromatic N) is 1. The van der Waals surface area contributed by atoms with Gasteiger partial charge in [0.05, 0.1) is 0 Å². The largest absolute Gasteiger partial charge is 0.479 e. The van der Waals surface area contributed by atoms with Gasteiger partial charge in [0.2, 0.25) is 11.4 Å². The molecule has 0 spiro atoms. The number of piperazine rings is 1. The zero-order valence-electron chi connectivity index (χ0n) is 11.5. The molecule has 2 atom stereocenters. The van der Waals surface area contributed by atoms with Crippen LogP contribution < -0.4 is 10.6 Å². The number of nitrogens with one attached hydrogen (secondary N) is 2. The Labute approximate surface area is 118 Å². The van der Waals surface area contributed by atoms with Crippen LogP contribution in [0.1, 0.15) is 20.3 Å². The lowest BCUT2D eigenvalue weighted by Crippen LogP contribution is -2.67. The lowest BCUT2D eigenvalue weighted by molar-refractivity contribution is -0.203. The second-order valence-corrected chi connectivity index (χ2v) is 4.77. The van der Waals surface area contributed by atoms with Crippen molar-refractivity contribution in [2.24, 2.45) is 0 Å². The zero-order valence-corrected chi connectivity index (χ0v) is 11.5. The van der Waals surface area contributed by atoms with Gasteiger partial charge >= 0.3 is 18.2 Å². The van der Waals surface area contributed by atoms with Crippen LogP contribution in [0.2, 0.25) is 0 Å².